The van der Waals surface area contributed by atoms with Gasteiger partial charge in [0, 0.05) is 19.8 Å². The molecule has 0 saturated heterocycles. The molecule has 0 aromatic rings. The fourth-order valence-electron chi connectivity index (χ4n) is 2.59. The van der Waals surface area contributed by atoms with Crippen molar-refractivity contribution in [2.75, 3.05) is 19.8 Å². The van der Waals surface area contributed by atoms with Crippen LogP contribution in [-0.4, -0.2) is 30.5 Å². The SMILES string of the molecule is CC(C)C1CCC(CN)(OCCCO)CC1. The van der Waals surface area contributed by atoms with Crippen molar-refractivity contribution in [1.82, 2.24) is 0 Å². The van der Waals surface area contributed by atoms with Crippen molar-refractivity contribution >= 4 is 0 Å². The van der Waals surface area contributed by atoms with E-state index in [0.717, 1.165) is 31.1 Å². The van der Waals surface area contributed by atoms with Crippen LogP contribution in [0.15, 0.2) is 0 Å². The molecule has 1 fully saturated rings. The van der Waals surface area contributed by atoms with Gasteiger partial charge < -0.3 is 15.6 Å². The second-order valence-corrected chi connectivity index (χ2v) is 5.39. The average molecular weight is 229 g/mol. The Morgan fingerprint density at radius 2 is 2.00 bits per heavy atom. The van der Waals surface area contributed by atoms with Crippen LogP contribution in [0.3, 0.4) is 0 Å². The summed E-state index contributed by atoms with van der Waals surface area (Å²) in [5, 5.41) is 8.76. The molecule has 0 amide bonds. The molecular formula is C13H27NO2. The molecule has 3 nitrogen and oxygen atoms in total. The van der Waals surface area contributed by atoms with Gasteiger partial charge in [-0.1, -0.05) is 13.8 Å². The lowest BCUT2D eigenvalue weighted by Crippen LogP contribution is -2.44. The minimum atomic E-state index is -0.0967. The standard InChI is InChI=1S/C13H27NO2/c1-11(2)12-4-6-13(10-14,7-5-12)16-9-3-8-15/h11-12,15H,3-10,14H2,1-2H3. The van der Waals surface area contributed by atoms with Gasteiger partial charge in [0.1, 0.15) is 0 Å². The van der Waals surface area contributed by atoms with E-state index in [4.69, 9.17) is 15.6 Å². The maximum absolute atomic E-state index is 8.76. The normalized spacial score (nSPS) is 30.9. The van der Waals surface area contributed by atoms with Gasteiger partial charge in [-0.05, 0) is 43.9 Å². The summed E-state index contributed by atoms with van der Waals surface area (Å²) in [6, 6.07) is 0. The number of hydrogen-bond acceptors (Lipinski definition) is 3. The summed E-state index contributed by atoms with van der Waals surface area (Å²) in [5.41, 5.74) is 5.76. The molecule has 1 rings (SSSR count). The third-order valence-corrected chi connectivity index (χ3v) is 3.97. The molecule has 0 heterocycles. The van der Waals surface area contributed by atoms with Crippen LogP contribution in [0.25, 0.3) is 0 Å². The third kappa shape index (κ3) is 3.72. The summed E-state index contributed by atoms with van der Waals surface area (Å²) >= 11 is 0. The second-order valence-electron chi connectivity index (χ2n) is 5.39. The lowest BCUT2D eigenvalue weighted by molar-refractivity contribution is -0.0774. The predicted octanol–water partition coefficient (Wildman–Crippen LogP) is 1.93. The fourth-order valence-corrected chi connectivity index (χ4v) is 2.59. The molecule has 1 aliphatic carbocycles. The van der Waals surface area contributed by atoms with E-state index in [-0.39, 0.29) is 12.2 Å². The number of hydrogen-bond donors (Lipinski definition) is 2. The lowest BCUT2D eigenvalue weighted by Gasteiger charge is -2.40. The zero-order chi connectivity index (χ0) is 12.0. The molecule has 16 heavy (non-hydrogen) atoms. The summed E-state index contributed by atoms with van der Waals surface area (Å²) in [6.45, 7) is 6.05. The van der Waals surface area contributed by atoms with Crippen LogP contribution in [-0.2, 0) is 4.74 Å². The molecule has 0 radical (unpaired) electrons. The molecular weight excluding hydrogens is 202 g/mol. The van der Waals surface area contributed by atoms with E-state index in [2.05, 4.69) is 13.8 Å². The summed E-state index contributed by atoms with van der Waals surface area (Å²) < 4.78 is 5.90. The topological polar surface area (TPSA) is 55.5 Å². The molecule has 3 heteroatoms. The number of rotatable bonds is 6. The van der Waals surface area contributed by atoms with Crippen LogP contribution in [0.5, 0.6) is 0 Å². The van der Waals surface area contributed by atoms with Gasteiger partial charge in [0.15, 0.2) is 0 Å². The zero-order valence-electron chi connectivity index (χ0n) is 10.7. The van der Waals surface area contributed by atoms with Crippen molar-refractivity contribution in [3.05, 3.63) is 0 Å². The van der Waals surface area contributed by atoms with E-state index in [1.54, 1.807) is 0 Å². The molecule has 0 spiro atoms. The van der Waals surface area contributed by atoms with Gasteiger partial charge in [0.05, 0.1) is 5.60 Å². The highest BCUT2D eigenvalue weighted by atomic mass is 16.5. The minimum Gasteiger partial charge on any atom is -0.396 e. The number of aliphatic hydroxyl groups excluding tert-OH is 1. The Bertz CT molecular complexity index is 186. The number of ether oxygens (including phenoxy) is 1. The molecule has 1 aliphatic rings. The summed E-state index contributed by atoms with van der Waals surface area (Å²) in [5.74, 6) is 1.61. The van der Waals surface area contributed by atoms with E-state index in [0.29, 0.717) is 13.2 Å². The van der Waals surface area contributed by atoms with Crippen molar-refractivity contribution in [2.45, 2.75) is 51.6 Å². The highest BCUT2D eigenvalue weighted by Crippen LogP contribution is 2.37. The molecule has 0 aliphatic heterocycles. The molecule has 0 aromatic carbocycles. The van der Waals surface area contributed by atoms with Gasteiger partial charge in [-0.25, -0.2) is 0 Å². The smallest absolute Gasteiger partial charge is 0.0804 e. The van der Waals surface area contributed by atoms with E-state index in [1.807, 2.05) is 0 Å². The van der Waals surface area contributed by atoms with Crippen LogP contribution >= 0.6 is 0 Å². The first kappa shape index (κ1) is 13.9. The van der Waals surface area contributed by atoms with Crippen LogP contribution in [0.1, 0.15) is 46.0 Å². The Kier molecular flexibility index (Phi) is 5.73. The average Bonchev–Trinajstić information content (AvgIpc) is 2.30. The molecule has 0 atom stereocenters. The number of aliphatic hydroxyl groups is 1. The molecule has 0 aromatic heterocycles. The van der Waals surface area contributed by atoms with Crippen LogP contribution in [0, 0.1) is 11.8 Å². The van der Waals surface area contributed by atoms with Crippen molar-refractivity contribution in [2.24, 2.45) is 17.6 Å². The van der Waals surface area contributed by atoms with Gasteiger partial charge in [0.2, 0.25) is 0 Å². The first-order valence-electron chi connectivity index (χ1n) is 6.58. The van der Waals surface area contributed by atoms with Gasteiger partial charge in [-0.3, -0.25) is 0 Å². The molecule has 0 unspecified atom stereocenters. The second kappa shape index (κ2) is 6.58. The van der Waals surface area contributed by atoms with Crippen LogP contribution in [0.2, 0.25) is 0 Å². The van der Waals surface area contributed by atoms with E-state index >= 15 is 0 Å². The fraction of sp³-hybridized carbons (Fsp3) is 1.00. The Labute approximate surface area is 99.4 Å². The highest BCUT2D eigenvalue weighted by molar-refractivity contribution is 4.89. The Morgan fingerprint density at radius 3 is 2.44 bits per heavy atom. The Balaban J connectivity index is 2.38. The Hall–Kier alpha value is -0.120. The van der Waals surface area contributed by atoms with Gasteiger partial charge in [-0.2, -0.15) is 0 Å². The Morgan fingerprint density at radius 1 is 1.38 bits per heavy atom. The summed E-state index contributed by atoms with van der Waals surface area (Å²) in [7, 11) is 0. The maximum Gasteiger partial charge on any atom is 0.0804 e. The molecule has 96 valence electrons. The van der Waals surface area contributed by atoms with Crippen molar-refractivity contribution in [3.63, 3.8) is 0 Å². The third-order valence-electron chi connectivity index (χ3n) is 3.97. The molecule has 1 saturated carbocycles. The minimum absolute atomic E-state index is 0.0967. The van der Waals surface area contributed by atoms with Crippen LogP contribution in [0.4, 0.5) is 0 Å². The zero-order valence-corrected chi connectivity index (χ0v) is 10.7. The maximum atomic E-state index is 8.76. The first-order valence-corrected chi connectivity index (χ1v) is 6.58. The van der Waals surface area contributed by atoms with Crippen molar-refractivity contribution in [1.29, 1.82) is 0 Å². The van der Waals surface area contributed by atoms with E-state index in [1.165, 1.54) is 12.8 Å². The lowest BCUT2D eigenvalue weighted by atomic mass is 9.74. The number of nitrogens with two attached hydrogens (primary N) is 1. The van der Waals surface area contributed by atoms with Gasteiger partial charge in [-0.15, -0.1) is 0 Å². The largest absolute Gasteiger partial charge is 0.396 e. The predicted molar refractivity (Wildman–Crippen MR) is 66.2 cm³/mol. The monoisotopic (exact) mass is 229 g/mol. The van der Waals surface area contributed by atoms with Gasteiger partial charge in [0.25, 0.3) is 0 Å². The molecule has 3 N–H and O–H groups in total. The highest BCUT2D eigenvalue weighted by Gasteiger charge is 2.35. The van der Waals surface area contributed by atoms with E-state index in [9.17, 15) is 0 Å². The van der Waals surface area contributed by atoms with Gasteiger partial charge >= 0.3 is 0 Å². The van der Waals surface area contributed by atoms with Crippen LogP contribution < -0.4 is 5.73 Å². The molecule has 0 bridgehead atoms. The summed E-state index contributed by atoms with van der Waals surface area (Å²) in [6.07, 6.45) is 5.34. The summed E-state index contributed by atoms with van der Waals surface area (Å²) in [4.78, 5) is 0. The van der Waals surface area contributed by atoms with E-state index < -0.39 is 0 Å². The van der Waals surface area contributed by atoms with Crippen molar-refractivity contribution < 1.29 is 9.84 Å². The van der Waals surface area contributed by atoms with Crippen molar-refractivity contribution in [3.8, 4) is 0 Å². The first-order chi connectivity index (χ1) is 7.63. The quantitative estimate of drug-likeness (QED) is 0.684.